The van der Waals surface area contributed by atoms with Gasteiger partial charge < -0.3 is 15.2 Å². The lowest BCUT2D eigenvalue weighted by Crippen LogP contribution is -2.30. The molecule has 1 aromatic heterocycles. The molecule has 1 aromatic rings. The van der Waals surface area contributed by atoms with E-state index in [4.69, 9.17) is 9.84 Å². The maximum absolute atomic E-state index is 10.9. The van der Waals surface area contributed by atoms with Crippen LogP contribution < -0.4 is 10.1 Å². The molecule has 0 spiro atoms. The third-order valence-corrected chi connectivity index (χ3v) is 2.76. The van der Waals surface area contributed by atoms with Crippen LogP contribution in [0.3, 0.4) is 0 Å². The molecule has 2 N–H and O–H groups in total. The zero-order valence-electron chi connectivity index (χ0n) is 10.8. The van der Waals surface area contributed by atoms with Gasteiger partial charge in [-0.05, 0) is 13.8 Å². The molecule has 19 heavy (non-hydrogen) atoms. The fraction of sp³-hybridized carbons (Fsp3) is 0.455. The van der Waals surface area contributed by atoms with E-state index in [1.165, 1.54) is 26.2 Å². The minimum Gasteiger partial charge on any atom is -0.481 e. The lowest BCUT2D eigenvalue weighted by atomic mass is 10.0. The molecule has 8 heteroatoms. The summed E-state index contributed by atoms with van der Waals surface area (Å²) in [6.45, 7) is 3.12. The summed E-state index contributed by atoms with van der Waals surface area (Å²) >= 11 is 0. The number of pyridine rings is 1. The van der Waals surface area contributed by atoms with E-state index < -0.39 is 22.9 Å². The molecule has 0 saturated carbocycles. The van der Waals surface area contributed by atoms with E-state index in [1.54, 1.807) is 6.92 Å². The van der Waals surface area contributed by atoms with E-state index in [0.29, 0.717) is 0 Å². The Kier molecular flexibility index (Phi) is 4.62. The van der Waals surface area contributed by atoms with Gasteiger partial charge in [0.25, 0.3) is 0 Å². The highest BCUT2D eigenvalue weighted by Gasteiger charge is 2.24. The van der Waals surface area contributed by atoms with Crippen LogP contribution in [0.15, 0.2) is 12.1 Å². The van der Waals surface area contributed by atoms with Gasteiger partial charge in [0.05, 0.1) is 18.0 Å². The van der Waals surface area contributed by atoms with Crippen molar-refractivity contribution in [2.24, 2.45) is 5.92 Å². The van der Waals surface area contributed by atoms with Crippen molar-refractivity contribution in [1.82, 2.24) is 4.98 Å². The summed E-state index contributed by atoms with van der Waals surface area (Å²) in [5.41, 5.74) is -0.231. The number of nitrogens with zero attached hydrogens (tertiary/aromatic N) is 2. The summed E-state index contributed by atoms with van der Waals surface area (Å²) in [5, 5.41) is 22.5. The van der Waals surface area contributed by atoms with Gasteiger partial charge in [-0.1, -0.05) is 0 Å². The van der Waals surface area contributed by atoms with Crippen molar-refractivity contribution in [1.29, 1.82) is 0 Å². The van der Waals surface area contributed by atoms with E-state index in [2.05, 4.69) is 10.3 Å². The van der Waals surface area contributed by atoms with Crippen molar-refractivity contribution in [3.63, 3.8) is 0 Å². The summed E-state index contributed by atoms with van der Waals surface area (Å²) in [5.74, 6) is -1.51. The zero-order chi connectivity index (χ0) is 14.6. The molecule has 0 amide bonds. The van der Waals surface area contributed by atoms with Crippen LogP contribution in [-0.4, -0.2) is 34.1 Å². The smallest absolute Gasteiger partial charge is 0.311 e. The van der Waals surface area contributed by atoms with Crippen LogP contribution >= 0.6 is 0 Å². The van der Waals surface area contributed by atoms with Crippen molar-refractivity contribution in [2.45, 2.75) is 19.9 Å². The number of methoxy groups -OCH3 is 1. The Balaban J connectivity index is 3.03. The van der Waals surface area contributed by atoms with Gasteiger partial charge in [0.2, 0.25) is 11.7 Å². The summed E-state index contributed by atoms with van der Waals surface area (Å²) in [4.78, 5) is 25.1. The second kappa shape index (κ2) is 5.98. The Morgan fingerprint density at radius 3 is 2.63 bits per heavy atom. The molecule has 0 fully saturated rings. The Morgan fingerprint density at radius 2 is 2.16 bits per heavy atom. The highest BCUT2D eigenvalue weighted by atomic mass is 16.6. The number of nitro groups is 1. The molecule has 0 saturated heterocycles. The molecule has 1 heterocycles. The summed E-state index contributed by atoms with van der Waals surface area (Å²) in [6.07, 6.45) is 0. The van der Waals surface area contributed by atoms with Gasteiger partial charge in [-0.15, -0.1) is 0 Å². The summed E-state index contributed by atoms with van der Waals surface area (Å²) < 4.78 is 4.89. The number of hydrogen-bond donors (Lipinski definition) is 2. The minimum absolute atomic E-state index is 0.00931. The molecule has 0 aliphatic rings. The fourth-order valence-electron chi connectivity index (χ4n) is 1.36. The molecule has 0 aromatic carbocycles. The van der Waals surface area contributed by atoms with E-state index in [9.17, 15) is 14.9 Å². The molecule has 2 unspecified atom stereocenters. The maximum Gasteiger partial charge on any atom is 0.311 e. The summed E-state index contributed by atoms with van der Waals surface area (Å²) in [7, 11) is 1.39. The van der Waals surface area contributed by atoms with E-state index in [1.807, 2.05) is 0 Å². The van der Waals surface area contributed by atoms with Gasteiger partial charge >= 0.3 is 11.7 Å². The largest absolute Gasteiger partial charge is 0.481 e. The first kappa shape index (κ1) is 14.7. The first-order chi connectivity index (χ1) is 8.86. The third kappa shape index (κ3) is 3.54. The van der Waals surface area contributed by atoms with E-state index >= 15 is 0 Å². The number of carboxylic acids is 1. The van der Waals surface area contributed by atoms with E-state index in [-0.39, 0.29) is 17.4 Å². The number of hydrogen-bond acceptors (Lipinski definition) is 6. The van der Waals surface area contributed by atoms with Gasteiger partial charge in [-0.2, -0.15) is 4.98 Å². The van der Waals surface area contributed by atoms with E-state index in [0.717, 1.165) is 0 Å². The number of nitrogens with one attached hydrogen (secondary N) is 1. The molecule has 1 rings (SSSR count). The first-order valence-corrected chi connectivity index (χ1v) is 5.55. The van der Waals surface area contributed by atoms with Crippen molar-refractivity contribution < 1.29 is 19.6 Å². The van der Waals surface area contributed by atoms with Crippen molar-refractivity contribution >= 4 is 17.5 Å². The second-order valence-corrected chi connectivity index (χ2v) is 4.04. The highest BCUT2D eigenvalue weighted by molar-refractivity contribution is 5.71. The highest BCUT2D eigenvalue weighted by Crippen LogP contribution is 2.26. The molecular formula is C11H15N3O5. The molecule has 2 atom stereocenters. The Morgan fingerprint density at radius 1 is 1.53 bits per heavy atom. The van der Waals surface area contributed by atoms with Crippen LogP contribution in [0, 0.1) is 16.0 Å². The molecule has 0 bridgehead atoms. The van der Waals surface area contributed by atoms with Crippen molar-refractivity contribution in [3.8, 4) is 5.88 Å². The van der Waals surface area contributed by atoms with Gasteiger partial charge in [-0.25, -0.2) is 0 Å². The predicted octanol–water partition coefficient (Wildman–Crippen LogP) is 1.52. The first-order valence-electron chi connectivity index (χ1n) is 5.55. The van der Waals surface area contributed by atoms with Crippen molar-refractivity contribution in [2.75, 3.05) is 12.4 Å². The minimum atomic E-state index is -0.995. The Bertz CT molecular complexity index is 491. The molecule has 8 nitrogen and oxygen atoms in total. The number of aromatic nitrogens is 1. The maximum atomic E-state index is 10.9. The van der Waals surface area contributed by atoms with Crippen molar-refractivity contribution in [3.05, 3.63) is 22.2 Å². The lowest BCUT2D eigenvalue weighted by molar-refractivity contribution is -0.384. The molecule has 0 radical (unpaired) electrons. The van der Waals surface area contributed by atoms with Crippen LogP contribution in [0.5, 0.6) is 5.88 Å². The lowest BCUT2D eigenvalue weighted by Gasteiger charge is -2.18. The predicted molar refractivity (Wildman–Crippen MR) is 67.3 cm³/mol. The number of anilines is 1. The van der Waals surface area contributed by atoms with Gasteiger partial charge in [0, 0.05) is 18.2 Å². The number of carboxylic acid groups (broad SMARTS) is 1. The number of aliphatic carboxylic acids is 1. The molecular weight excluding hydrogens is 254 g/mol. The molecule has 0 aliphatic carbocycles. The zero-order valence-corrected chi connectivity index (χ0v) is 10.8. The van der Waals surface area contributed by atoms with Gasteiger partial charge in [0.15, 0.2) is 0 Å². The molecule has 104 valence electrons. The Hall–Kier alpha value is -2.38. The van der Waals surface area contributed by atoms with Crippen LogP contribution in [-0.2, 0) is 4.79 Å². The fourth-order valence-corrected chi connectivity index (χ4v) is 1.36. The van der Waals surface area contributed by atoms with Crippen LogP contribution in [0.2, 0.25) is 0 Å². The monoisotopic (exact) mass is 269 g/mol. The number of ether oxygens (including phenoxy) is 1. The number of carbonyl (C=O) groups is 1. The quantitative estimate of drug-likeness (QED) is 0.594. The third-order valence-electron chi connectivity index (χ3n) is 2.76. The Labute approximate surface area is 109 Å². The SMILES string of the molecule is COc1ccc([N+](=O)[O-])c(NC(C)C(C)C(=O)O)n1. The number of rotatable bonds is 6. The average Bonchev–Trinajstić information content (AvgIpc) is 2.36. The summed E-state index contributed by atoms with van der Waals surface area (Å²) in [6, 6.07) is 2.11. The molecule has 0 aliphatic heterocycles. The normalized spacial score (nSPS) is 13.4. The van der Waals surface area contributed by atoms with Gasteiger partial charge in [0.1, 0.15) is 0 Å². The van der Waals surface area contributed by atoms with Crippen LogP contribution in [0.4, 0.5) is 11.5 Å². The van der Waals surface area contributed by atoms with Crippen LogP contribution in [0.25, 0.3) is 0 Å². The van der Waals surface area contributed by atoms with Crippen LogP contribution in [0.1, 0.15) is 13.8 Å². The standard InChI is InChI=1S/C11H15N3O5/c1-6(11(15)16)7(2)12-10-8(14(17)18)4-5-9(13-10)19-3/h4-7H,1-3H3,(H,12,13)(H,15,16). The topological polar surface area (TPSA) is 115 Å². The average molecular weight is 269 g/mol. The van der Waals surface area contributed by atoms with Gasteiger partial charge in [-0.3, -0.25) is 14.9 Å². The second-order valence-electron chi connectivity index (χ2n) is 4.04.